The number of primary amides is 1. The van der Waals surface area contributed by atoms with Crippen molar-refractivity contribution in [2.75, 3.05) is 27.3 Å². The van der Waals surface area contributed by atoms with Gasteiger partial charge in [0, 0.05) is 47.0 Å². The fourth-order valence-corrected chi connectivity index (χ4v) is 6.56. The molecule has 1 amide bonds. The van der Waals surface area contributed by atoms with Gasteiger partial charge < -0.3 is 43.0 Å². The summed E-state index contributed by atoms with van der Waals surface area (Å²) in [5.41, 5.74) is 31.2. The molecule has 0 fully saturated rings. The van der Waals surface area contributed by atoms with Crippen LogP contribution in [-0.4, -0.2) is 33.7 Å². The zero-order valence-electron chi connectivity index (χ0n) is 41.9. The molecular formula is C57H88N6O3. The van der Waals surface area contributed by atoms with Crippen molar-refractivity contribution in [2.45, 2.75) is 118 Å². The average Bonchev–Trinajstić information content (AvgIpc) is 3.34. The second-order valence-electron chi connectivity index (χ2n) is 14.7. The number of hydrogen-bond donors (Lipinski definition) is 6. The van der Waals surface area contributed by atoms with E-state index >= 15 is 0 Å². The highest BCUT2D eigenvalue weighted by Gasteiger charge is 2.07. The number of allylic oxidation sites excluding steroid dienone is 3. The maximum absolute atomic E-state index is 8.58. The van der Waals surface area contributed by atoms with Gasteiger partial charge in [0.25, 0.3) is 0 Å². The molecule has 66 heavy (non-hydrogen) atoms. The van der Waals surface area contributed by atoms with E-state index in [1.165, 1.54) is 59.8 Å². The van der Waals surface area contributed by atoms with Crippen LogP contribution in [0.3, 0.4) is 0 Å². The summed E-state index contributed by atoms with van der Waals surface area (Å²) in [5, 5.41) is 7.10. The molecule has 0 unspecified atom stereocenters. The monoisotopic (exact) mass is 905 g/mol. The zero-order valence-corrected chi connectivity index (χ0v) is 41.9. The minimum atomic E-state index is 0.250. The Bertz CT molecular complexity index is 1890. The number of nitrogens with two attached hydrogens (primary N) is 4. The Balaban J connectivity index is 0. The van der Waals surface area contributed by atoms with E-state index in [1.54, 1.807) is 14.2 Å². The van der Waals surface area contributed by atoms with Crippen LogP contribution in [0.5, 0.6) is 11.5 Å². The Morgan fingerprint density at radius 2 is 0.970 bits per heavy atom. The Kier molecular flexibility index (Phi) is 39.8. The molecule has 364 valence electrons. The smallest absolute Gasteiger partial charge is 0.204 e. The number of aryl methyl sites for hydroxylation is 4. The van der Waals surface area contributed by atoms with Gasteiger partial charge >= 0.3 is 0 Å². The van der Waals surface area contributed by atoms with Gasteiger partial charge in [-0.2, -0.15) is 0 Å². The second-order valence-corrected chi connectivity index (χ2v) is 14.7. The first-order valence-electron chi connectivity index (χ1n) is 23.7. The lowest BCUT2D eigenvalue weighted by molar-refractivity contribution is -0.106. The minimum absolute atomic E-state index is 0.250. The first-order valence-corrected chi connectivity index (χ1v) is 23.7. The molecule has 9 heteroatoms. The first-order chi connectivity index (χ1) is 32.1. The third kappa shape index (κ3) is 29.9. The third-order valence-corrected chi connectivity index (χ3v) is 9.77. The van der Waals surface area contributed by atoms with Gasteiger partial charge in [-0.1, -0.05) is 153 Å². The molecule has 0 aliphatic rings. The van der Waals surface area contributed by atoms with Gasteiger partial charge in [-0.3, -0.25) is 4.79 Å². The van der Waals surface area contributed by atoms with Gasteiger partial charge in [0.15, 0.2) is 0 Å². The van der Waals surface area contributed by atoms with Gasteiger partial charge in [-0.25, -0.2) is 0 Å². The molecule has 4 aromatic rings. The standard InChI is InChI=1S/C26H36N2O.C24H32N2O.C2H5N.2C2H6.CH3NO/c1-4-11-24(17-15-22-12-7-5-8-13-22)28-19-10-6-9-14-23-16-18-26(29-3)25(20-23)21(2)27;1-19(13-14-21-10-6-4-7-11-21)26-17-9-5-8-12-22-15-16-24(27-3)23(18-22)20(2)25;1-2-3;2*1-2;2-1-3/h5,7-8,11-13,16,18,20,28H,2,4,6,9-10,14-15,17,19,27H2,1,3H3;4,6-7,10-11,15-16,18,26H,1-2,5,8-9,12-14,17,25H2,3H3;2H,1,3H2;2*1-2H3;1H,(H2,2,3). The molecule has 0 heterocycles. The van der Waals surface area contributed by atoms with Crippen LogP contribution in [0.1, 0.15) is 126 Å². The quantitative estimate of drug-likeness (QED) is 0.0283. The van der Waals surface area contributed by atoms with Crippen molar-refractivity contribution >= 4 is 17.8 Å². The van der Waals surface area contributed by atoms with Crippen molar-refractivity contribution in [1.82, 2.24) is 10.6 Å². The van der Waals surface area contributed by atoms with Crippen molar-refractivity contribution in [3.8, 4) is 11.5 Å². The zero-order chi connectivity index (χ0) is 49.8. The highest BCUT2D eigenvalue weighted by atomic mass is 16.5. The molecule has 4 rings (SSSR count). The molecular weight excluding hydrogens is 817 g/mol. The fourth-order valence-electron chi connectivity index (χ4n) is 6.56. The van der Waals surface area contributed by atoms with Crippen LogP contribution in [0.15, 0.2) is 147 Å². The number of unbranched alkanes of at least 4 members (excludes halogenated alkanes) is 4. The predicted molar refractivity (Wildman–Crippen MR) is 288 cm³/mol. The van der Waals surface area contributed by atoms with Crippen LogP contribution < -0.4 is 43.0 Å². The van der Waals surface area contributed by atoms with Crippen LogP contribution in [0.25, 0.3) is 11.4 Å². The van der Waals surface area contributed by atoms with E-state index in [4.69, 9.17) is 25.7 Å². The normalized spacial score (nSPS) is 9.77. The third-order valence-electron chi connectivity index (χ3n) is 9.77. The Morgan fingerprint density at radius 1 is 0.576 bits per heavy atom. The fraction of sp³-hybridized carbons (Fsp3) is 0.386. The lowest BCUT2D eigenvalue weighted by Gasteiger charge is -2.12. The van der Waals surface area contributed by atoms with Gasteiger partial charge in [0.05, 0.1) is 14.2 Å². The van der Waals surface area contributed by atoms with E-state index in [-0.39, 0.29) is 6.41 Å². The summed E-state index contributed by atoms with van der Waals surface area (Å²) < 4.78 is 10.7. The number of ether oxygens (including phenoxy) is 2. The minimum Gasteiger partial charge on any atom is -0.496 e. The Hall–Kier alpha value is -6.35. The molecule has 9 nitrogen and oxygen atoms in total. The Morgan fingerprint density at radius 3 is 1.35 bits per heavy atom. The number of benzene rings is 4. The largest absolute Gasteiger partial charge is 0.496 e. The SMILES string of the molecule is C=C(CCc1ccccc1)NCCCCCc1ccc(OC)c(C(=C)N)c1.C=C(N)c1cc(CCCCCNC(=CCC)CCc2ccccc2)ccc1OC.C=CN.CC.CC.NC=O. The van der Waals surface area contributed by atoms with Crippen LogP contribution in [0, 0.1) is 0 Å². The summed E-state index contributed by atoms with van der Waals surface area (Å²) in [4.78, 5) is 8.58. The van der Waals surface area contributed by atoms with Crippen molar-refractivity contribution in [1.29, 1.82) is 0 Å². The molecule has 0 radical (unpaired) electrons. The lowest BCUT2D eigenvalue weighted by atomic mass is 10.0. The molecule has 0 aromatic heterocycles. The average molecular weight is 905 g/mol. The molecule has 0 aliphatic carbocycles. The molecule has 0 atom stereocenters. The number of carbonyl (C=O) groups is 1. The Labute approximate surface area is 401 Å². The maximum Gasteiger partial charge on any atom is 0.204 e. The number of carbonyl (C=O) groups excluding carboxylic acids is 1. The molecule has 0 saturated heterocycles. The van der Waals surface area contributed by atoms with Crippen molar-refractivity contribution in [3.63, 3.8) is 0 Å². The lowest BCUT2D eigenvalue weighted by Crippen LogP contribution is -2.15. The number of methoxy groups -OCH3 is 2. The van der Waals surface area contributed by atoms with Crippen LogP contribution >= 0.6 is 0 Å². The number of amides is 1. The summed E-state index contributed by atoms with van der Waals surface area (Å²) in [6.45, 7) is 27.2. The number of hydrogen-bond acceptors (Lipinski definition) is 8. The molecule has 4 aromatic carbocycles. The van der Waals surface area contributed by atoms with E-state index in [0.29, 0.717) is 11.4 Å². The van der Waals surface area contributed by atoms with Gasteiger partial charge in [0.2, 0.25) is 6.41 Å². The van der Waals surface area contributed by atoms with E-state index in [0.717, 1.165) is 99.2 Å². The second kappa shape index (κ2) is 42.6. The van der Waals surface area contributed by atoms with Crippen LogP contribution in [-0.2, 0) is 30.5 Å². The molecule has 0 bridgehead atoms. The van der Waals surface area contributed by atoms with Crippen molar-refractivity contribution in [3.05, 3.63) is 180 Å². The van der Waals surface area contributed by atoms with Gasteiger partial charge in [-0.05, 0) is 123 Å². The summed E-state index contributed by atoms with van der Waals surface area (Å²) in [7, 11) is 3.32. The van der Waals surface area contributed by atoms with E-state index in [2.05, 4.69) is 146 Å². The van der Waals surface area contributed by atoms with Crippen molar-refractivity contribution < 1.29 is 14.3 Å². The predicted octanol–water partition coefficient (Wildman–Crippen LogP) is 12.2. The highest BCUT2D eigenvalue weighted by Crippen LogP contribution is 2.26. The molecule has 0 spiro atoms. The summed E-state index contributed by atoms with van der Waals surface area (Å²) >= 11 is 0. The highest BCUT2D eigenvalue weighted by molar-refractivity contribution is 5.67. The van der Waals surface area contributed by atoms with Gasteiger partial charge in [-0.15, -0.1) is 0 Å². The van der Waals surface area contributed by atoms with Crippen LogP contribution in [0.2, 0.25) is 0 Å². The van der Waals surface area contributed by atoms with E-state index < -0.39 is 0 Å². The van der Waals surface area contributed by atoms with E-state index in [9.17, 15) is 0 Å². The van der Waals surface area contributed by atoms with Crippen molar-refractivity contribution in [2.24, 2.45) is 22.9 Å². The number of rotatable bonds is 25. The van der Waals surface area contributed by atoms with Gasteiger partial charge in [0.1, 0.15) is 11.5 Å². The molecule has 10 N–H and O–H groups in total. The van der Waals surface area contributed by atoms with E-state index in [1.807, 2.05) is 39.8 Å². The van der Waals surface area contributed by atoms with Crippen LogP contribution in [0.4, 0.5) is 0 Å². The molecule has 0 aliphatic heterocycles. The number of nitrogens with one attached hydrogen (secondary N) is 2. The summed E-state index contributed by atoms with van der Waals surface area (Å²) in [6, 6.07) is 33.6. The first kappa shape index (κ1) is 61.7. The summed E-state index contributed by atoms with van der Waals surface area (Å²) in [6.07, 6.45) is 18.2. The maximum atomic E-state index is 8.58. The summed E-state index contributed by atoms with van der Waals surface area (Å²) in [5.74, 6) is 1.57. The molecule has 0 saturated carbocycles. The topological polar surface area (TPSA) is 164 Å².